The monoisotopic (exact) mass is 334 g/mol. The molecule has 1 unspecified atom stereocenters. The third-order valence-corrected chi connectivity index (χ3v) is 4.94. The molecule has 0 bridgehead atoms. The van der Waals surface area contributed by atoms with Crippen LogP contribution in [0.15, 0.2) is 29.3 Å². The van der Waals surface area contributed by atoms with Crippen molar-refractivity contribution < 1.29 is 8.78 Å². The van der Waals surface area contributed by atoms with Gasteiger partial charge in [0.05, 0.1) is 17.7 Å². The van der Waals surface area contributed by atoms with Gasteiger partial charge in [0.1, 0.15) is 5.01 Å². The molecule has 0 N–H and O–H groups in total. The fourth-order valence-electron chi connectivity index (χ4n) is 2.68. The molecule has 3 rings (SSSR count). The van der Waals surface area contributed by atoms with Crippen LogP contribution in [-0.4, -0.2) is 21.7 Å². The van der Waals surface area contributed by atoms with Gasteiger partial charge in [-0.05, 0) is 25.0 Å². The first-order valence-electron chi connectivity index (χ1n) is 7.43. The molecule has 2 aromatic rings. The summed E-state index contributed by atoms with van der Waals surface area (Å²) < 4.78 is 28.6. The lowest BCUT2D eigenvalue weighted by Gasteiger charge is -2.25. The van der Waals surface area contributed by atoms with Crippen molar-refractivity contribution in [3.05, 3.63) is 34.6 Å². The van der Waals surface area contributed by atoms with Gasteiger partial charge in [-0.25, -0.2) is 13.5 Å². The average Bonchev–Trinajstić information content (AvgIpc) is 2.87. The molecular formula is C16H16F2N4S. The van der Waals surface area contributed by atoms with Crippen molar-refractivity contribution in [1.29, 1.82) is 5.26 Å². The fourth-order valence-corrected chi connectivity index (χ4v) is 3.64. The molecule has 1 aromatic carbocycles. The van der Waals surface area contributed by atoms with Crippen molar-refractivity contribution in [2.45, 2.75) is 37.6 Å². The summed E-state index contributed by atoms with van der Waals surface area (Å²) in [5.41, 5.74) is 1.48. The van der Waals surface area contributed by atoms with Gasteiger partial charge in [-0.1, -0.05) is 23.5 Å². The van der Waals surface area contributed by atoms with Crippen LogP contribution in [0.4, 0.5) is 8.78 Å². The Morgan fingerprint density at radius 3 is 2.78 bits per heavy atom. The molecule has 1 aromatic heterocycles. The van der Waals surface area contributed by atoms with Gasteiger partial charge in [0.15, 0.2) is 0 Å². The molecule has 1 atom stereocenters. The summed E-state index contributed by atoms with van der Waals surface area (Å²) in [7, 11) is 1.77. The summed E-state index contributed by atoms with van der Waals surface area (Å²) in [6.07, 6.45) is 0.979. The van der Waals surface area contributed by atoms with E-state index in [0.29, 0.717) is 23.2 Å². The highest BCUT2D eigenvalue weighted by molar-refractivity contribution is 7.12. The van der Waals surface area contributed by atoms with Crippen LogP contribution in [0.1, 0.15) is 31.2 Å². The number of aromatic nitrogens is 2. The van der Waals surface area contributed by atoms with E-state index in [1.54, 1.807) is 23.9 Å². The quantitative estimate of drug-likeness (QED) is 0.844. The highest BCUT2D eigenvalue weighted by atomic mass is 32.1. The standard InChI is InChI=1S/C16H16F2N4S/c1-22-15(20-13-3-2-8-16(17,18)9-13)23-14(21-22)12-6-4-11(10-19)5-7-12/h4-7,13H,2-3,8-9H2,1H3/b20-15+. The second kappa shape index (κ2) is 6.20. The molecule has 120 valence electrons. The number of hydrogen-bond donors (Lipinski definition) is 0. The number of hydrogen-bond acceptors (Lipinski definition) is 4. The lowest BCUT2D eigenvalue weighted by molar-refractivity contribution is -0.0397. The largest absolute Gasteiger partial charge is 0.254 e. The number of benzene rings is 1. The number of aryl methyl sites for hydroxylation is 1. The van der Waals surface area contributed by atoms with E-state index < -0.39 is 5.92 Å². The Bertz CT molecular complexity index is 799. The van der Waals surface area contributed by atoms with Gasteiger partial charge in [-0.2, -0.15) is 10.4 Å². The van der Waals surface area contributed by atoms with Crippen LogP contribution in [0.25, 0.3) is 10.6 Å². The molecule has 0 saturated heterocycles. The van der Waals surface area contributed by atoms with Gasteiger partial charge in [-0.3, -0.25) is 4.99 Å². The molecule has 0 spiro atoms. The van der Waals surface area contributed by atoms with Crippen molar-refractivity contribution in [2.75, 3.05) is 0 Å². The van der Waals surface area contributed by atoms with Gasteiger partial charge in [-0.15, -0.1) is 0 Å². The fraction of sp³-hybridized carbons (Fsp3) is 0.438. The van der Waals surface area contributed by atoms with E-state index in [0.717, 1.165) is 10.6 Å². The maximum absolute atomic E-state index is 13.5. The van der Waals surface area contributed by atoms with Crippen molar-refractivity contribution in [3.63, 3.8) is 0 Å². The molecule has 1 saturated carbocycles. The van der Waals surface area contributed by atoms with Crippen molar-refractivity contribution in [3.8, 4) is 16.6 Å². The zero-order valence-corrected chi connectivity index (χ0v) is 13.5. The number of alkyl halides is 2. The smallest absolute Gasteiger partial charge is 0.250 e. The number of rotatable bonds is 2. The molecular weight excluding hydrogens is 318 g/mol. The molecule has 1 fully saturated rings. The summed E-state index contributed by atoms with van der Waals surface area (Å²) in [4.78, 5) is 5.13. The molecule has 4 nitrogen and oxygen atoms in total. The number of nitrogens with zero attached hydrogens (tertiary/aromatic N) is 4. The first-order valence-corrected chi connectivity index (χ1v) is 8.25. The summed E-state index contributed by atoms with van der Waals surface area (Å²) in [5, 5.41) is 14.0. The van der Waals surface area contributed by atoms with Gasteiger partial charge >= 0.3 is 0 Å². The Balaban J connectivity index is 1.88. The molecule has 1 aliphatic carbocycles. The predicted octanol–water partition coefficient (Wildman–Crippen LogP) is 3.50. The minimum absolute atomic E-state index is 0.0374. The molecule has 0 aliphatic heterocycles. The van der Waals surface area contributed by atoms with Gasteiger partial charge in [0.25, 0.3) is 0 Å². The minimum Gasteiger partial charge on any atom is -0.254 e. The summed E-state index contributed by atoms with van der Waals surface area (Å²) in [6.45, 7) is 0. The van der Waals surface area contributed by atoms with E-state index in [1.165, 1.54) is 11.3 Å². The molecule has 7 heteroatoms. The second-order valence-electron chi connectivity index (χ2n) is 5.74. The summed E-state index contributed by atoms with van der Waals surface area (Å²) in [6, 6.07) is 8.85. The van der Waals surface area contributed by atoms with Crippen LogP contribution < -0.4 is 4.80 Å². The zero-order valence-electron chi connectivity index (χ0n) is 12.7. The predicted molar refractivity (Wildman–Crippen MR) is 84.0 cm³/mol. The molecule has 1 aliphatic rings. The lowest BCUT2D eigenvalue weighted by Crippen LogP contribution is -2.30. The van der Waals surface area contributed by atoms with E-state index in [9.17, 15) is 8.78 Å². The maximum atomic E-state index is 13.5. The van der Waals surface area contributed by atoms with Crippen LogP contribution in [0.2, 0.25) is 0 Å². The molecule has 0 radical (unpaired) electrons. The van der Waals surface area contributed by atoms with Crippen LogP contribution in [0.3, 0.4) is 0 Å². The zero-order chi connectivity index (χ0) is 16.4. The first-order chi connectivity index (χ1) is 11.0. The Morgan fingerprint density at radius 2 is 2.13 bits per heavy atom. The van der Waals surface area contributed by atoms with E-state index in [-0.39, 0.29) is 18.9 Å². The van der Waals surface area contributed by atoms with Crippen molar-refractivity contribution in [1.82, 2.24) is 9.78 Å². The van der Waals surface area contributed by atoms with Gasteiger partial charge in [0, 0.05) is 25.5 Å². The van der Waals surface area contributed by atoms with Crippen LogP contribution in [-0.2, 0) is 7.05 Å². The topological polar surface area (TPSA) is 54.0 Å². The molecule has 23 heavy (non-hydrogen) atoms. The average molecular weight is 334 g/mol. The molecule has 1 heterocycles. The first kappa shape index (κ1) is 15.8. The maximum Gasteiger partial charge on any atom is 0.250 e. The van der Waals surface area contributed by atoms with Crippen molar-refractivity contribution >= 4 is 11.3 Å². The number of nitriles is 1. The van der Waals surface area contributed by atoms with Gasteiger partial charge < -0.3 is 0 Å². The van der Waals surface area contributed by atoms with Crippen LogP contribution in [0, 0.1) is 11.3 Å². The Morgan fingerprint density at radius 1 is 1.39 bits per heavy atom. The normalized spacial score (nSPS) is 21.1. The minimum atomic E-state index is -2.61. The van der Waals surface area contributed by atoms with Crippen LogP contribution in [0.5, 0.6) is 0 Å². The van der Waals surface area contributed by atoms with E-state index in [1.807, 2.05) is 12.1 Å². The van der Waals surface area contributed by atoms with E-state index >= 15 is 0 Å². The third-order valence-electron chi connectivity index (χ3n) is 3.87. The SMILES string of the molecule is Cn1nc(-c2ccc(C#N)cc2)s/c1=N/C1CCCC(F)(F)C1. The lowest BCUT2D eigenvalue weighted by atomic mass is 9.93. The highest BCUT2D eigenvalue weighted by Gasteiger charge is 2.36. The summed E-state index contributed by atoms with van der Waals surface area (Å²) in [5.74, 6) is -2.61. The molecule has 0 amide bonds. The third kappa shape index (κ3) is 3.64. The summed E-state index contributed by atoms with van der Waals surface area (Å²) >= 11 is 1.38. The number of halogens is 2. The highest BCUT2D eigenvalue weighted by Crippen LogP contribution is 2.34. The Hall–Kier alpha value is -2.07. The van der Waals surface area contributed by atoms with E-state index in [2.05, 4.69) is 16.2 Å². The second-order valence-corrected chi connectivity index (χ2v) is 6.69. The Kier molecular flexibility index (Phi) is 4.26. The van der Waals surface area contributed by atoms with Crippen molar-refractivity contribution in [2.24, 2.45) is 12.0 Å². The van der Waals surface area contributed by atoms with Gasteiger partial charge in [0.2, 0.25) is 10.7 Å². The van der Waals surface area contributed by atoms with Crippen LogP contribution >= 0.6 is 11.3 Å². The Labute approximate surface area is 136 Å². The van der Waals surface area contributed by atoms with E-state index in [4.69, 9.17) is 5.26 Å².